The molecule has 0 saturated carbocycles. The number of aromatic nitrogens is 6. The van der Waals surface area contributed by atoms with Crippen molar-refractivity contribution < 1.29 is 14.5 Å². The second kappa shape index (κ2) is 6.11. The number of amides is 1. The molecule has 1 atom stereocenters. The zero-order valence-electron chi connectivity index (χ0n) is 13.4. The van der Waals surface area contributed by atoms with Crippen molar-refractivity contribution in [3.05, 3.63) is 65.8 Å². The molecule has 9 nitrogen and oxygen atoms in total. The first kappa shape index (κ1) is 14.9. The van der Waals surface area contributed by atoms with Gasteiger partial charge in [0.15, 0.2) is 18.4 Å². The van der Waals surface area contributed by atoms with E-state index in [-0.39, 0.29) is 5.91 Å². The van der Waals surface area contributed by atoms with Gasteiger partial charge in [0.2, 0.25) is 0 Å². The van der Waals surface area contributed by atoms with Crippen molar-refractivity contribution in [3.8, 4) is 0 Å². The smallest absolute Gasteiger partial charge is 0.307 e. The van der Waals surface area contributed by atoms with Gasteiger partial charge in [-0.2, -0.15) is 0 Å². The van der Waals surface area contributed by atoms with E-state index in [0.29, 0.717) is 23.0 Å². The lowest BCUT2D eigenvalue weighted by molar-refractivity contribution is -0.750. The van der Waals surface area contributed by atoms with Crippen molar-refractivity contribution in [2.24, 2.45) is 0 Å². The number of aromatic amines is 2. The summed E-state index contributed by atoms with van der Waals surface area (Å²) in [5, 5.41) is 16.6. The summed E-state index contributed by atoms with van der Waals surface area (Å²) in [6.07, 6.45) is 5.28. The molecule has 0 aliphatic carbocycles. The first-order chi connectivity index (χ1) is 12.2. The lowest BCUT2D eigenvalue weighted by Crippen LogP contribution is -2.50. The van der Waals surface area contributed by atoms with Crippen LogP contribution in [0.4, 0.5) is 11.8 Å². The summed E-state index contributed by atoms with van der Waals surface area (Å²) in [5.74, 6) is 0.788. The molecule has 25 heavy (non-hydrogen) atoms. The average molecular weight is 336 g/mol. The standard InChI is InChI=1S/C16H14N8O/c1-10-13(15(25)20-12-6-2-3-8-18-12)14(11-5-4-7-17-9-11)24-16(19-10)21-22-23-24/h2-9,14H,1H3,(H2,18,19,20,21,23,25)/p+2. The van der Waals surface area contributed by atoms with E-state index in [1.807, 2.05) is 37.5 Å². The van der Waals surface area contributed by atoms with Crippen molar-refractivity contribution in [2.45, 2.75) is 13.0 Å². The summed E-state index contributed by atoms with van der Waals surface area (Å²) >= 11 is 0. The largest absolute Gasteiger partial charge is 0.405 e. The van der Waals surface area contributed by atoms with Crippen molar-refractivity contribution in [1.82, 2.24) is 20.5 Å². The number of rotatable bonds is 3. The number of allylic oxidation sites excluding steroid dienone is 1. The molecule has 3 aromatic heterocycles. The SMILES string of the molecule is CC1=C(C(=O)Nc2ccccn2)C(c2ccc[nH+]c2)[n+]2[nH]nnc2N1. The number of carbonyl (C=O) groups excluding carboxylic acids is 1. The highest BCUT2D eigenvalue weighted by Gasteiger charge is 2.39. The summed E-state index contributed by atoms with van der Waals surface area (Å²) in [6, 6.07) is 8.77. The molecule has 1 amide bonds. The minimum absolute atomic E-state index is 0.245. The predicted molar refractivity (Wildman–Crippen MR) is 86.9 cm³/mol. The molecule has 0 saturated heterocycles. The number of fused-ring (bicyclic) bond motifs is 1. The molecule has 4 heterocycles. The van der Waals surface area contributed by atoms with Gasteiger partial charge in [0.05, 0.1) is 21.9 Å². The van der Waals surface area contributed by atoms with Gasteiger partial charge in [0, 0.05) is 12.3 Å². The third kappa shape index (κ3) is 2.71. The van der Waals surface area contributed by atoms with Gasteiger partial charge in [0.25, 0.3) is 5.91 Å². The maximum Gasteiger partial charge on any atom is 0.405 e. The molecule has 0 fully saturated rings. The molecule has 0 radical (unpaired) electrons. The highest BCUT2D eigenvalue weighted by atomic mass is 16.1. The van der Waals surface area contributed by atoms with Crippen LogP contribution in [0.1, 0.15) is 18.5 Å². The van der Waals surface area contributed by atoms with Gasteiger partial charge in [-0.25, -0.2) is 9.97 Å². The van der Waals surface area contributed by atoms with Crippen LogP contribution in [-0.4, -0.2) is 26.4 Å². The van der Waals surface area contributed by atoms with Gasteiger partial charge >= 0.3 is 5.95 Å². The Labute approximate surface area is 142 Å². The number of nitrogens with zero attached hydrogens (tertiary/aromatic N) is 4. The molecule has 0 spiro atoms. The third-order valence-electron chi connectivity index (χ3n) is 3.96. The van der Waals surface area contributed by atoms with Gasteiger partial charge in [0.1, 0.15) is 11.0 Å². The van der Waals surface area contributed by atoms with Crippen LogP contribution < -0.4 is 20.3 Å². The fourth-order valence-corrected chi connectivity index (χ4v) is 2.86. The molecule has 0 aromatic carbocycles. The second-order valence-corrected chi connectivity index (χ2v) is 5.57. The van der Waals surface area contributed by atoms with E-state index in [4.69, 9.17) is 0 Å². The molecular weight excluding hydrogens is 320 g/mol. The van der Waals surface area contributed by atoms with Gasteiger partial charge in [-0.05, 0) is 25.1 Å². The molecule has 9 heteroatoms. The Hall–Kier alpha value is -3.62. The van der Waals surface area contributed by atoms with Gasteiger partial charge in [-0.15, -0.1) is 9.90 Å². The second-order valence-electron chi connectivity index (χ2n) is 5.57. The van der Waals surface area contributed by atoms with E-state index in [1.54, 1.807) is 23.0 Å². The fraction of sp³-hybridized carbons (Fsp3) is 0.125. The Morgan fingerprint density at radius 2 is 2.24 bits per heavy atom. The zero-order chi connectivity index (χ0) is 17.2. The monoisotopic (exact) mass is 336 g/mol. The Kier molecular flexibility index (Phi) is 3.65. The van der Waals surface area contributed by atoms with E-state index in [1.165, 1.54) is 0 Å². The maximum absolute atomic E-state index is 13.0. The fourth-order valence-electron chi connectivity index (χ4n) is 2.86. The van der Waals surface area contributed by atoms with Crippen LogP contribution >= 0.6 is 0 Å². The van der Waals surface area contributed by atoms with Gasteiger partial charge in [-0.3, -0.25) is 10.1 Å². The Morgan fingerprint density at radius 3 is 3.00 bits per heavy atom. The van der Waals surface area contributed by atoms with Crippen LogP contribution in [0.25, 0.3) is 0 Å². The zero-order valence-corrected chi connectivity index (χ0v) is 13.4. The van der Waals surface area contributed by atoms with E-state index in [0.717, 1.165) is 5.56 Å². The van der Waals surface area contributed by atoms with Crippen LogP contribution in [0.2, 0.25) is 0 Å². The lowest BCUT2D eigenvalue weighted by Gasteiger charge is -2.23. The number of nitrogens with one attached hydrogen (secondary N) is 4. The molecule has 3 aromatic rings. The van der Waals surface area contributed by atoms with E-state index in [2.05, 4.69) is 36.1 Å². The highest BCUT2D eigenvalue weighted by Crippen LogP contribution is 2.28. The Bertz CT molecular complexity index is 935. The Balaban J connectivity index is 1.77. The summed E-state index contributed by atoms with van der Waals surface area (Å²) in [5.41, 5.74) is 2.15. The molecular formula is C16H16N8O+2. The highest BCUT2D eigenvalue weighted by molar-refractivity contribution is 6.05. The molecule has 4 rings (SSSR count). The first-order valence-electron chi connectivity index (χ1n) is 7.73. The molecule has 0 bridgehead atoms. The van der Waals surface area contributed by atoms with Crippen molar-refractivity contribution in [1.29, 1.82) is 0 Å². The number of hydrogen-bond donors (Lipinski definition) is 3. The maximum atomic E-state index is 13.0. The van der Waals surface area contributed by atoms with Crippen molar-refractivity contribution in [2.75, 3.05) is 10.6 Å². The molecule has 1 aliphatic heterocycles. The van der Waals surface area contributed by atoms with E-state index in [9.17, 15) is 4.79 Å². The summed E-state index contributed by atoms with van der Waals surface area (Å²) in [4.78, 5) is 20.2. The summed E-state index contributed by atoms with van der Waals surface area (Å²) in [6.45, 7) is 1.84. The van der Waals surface area contributed by atoms with Crippen LogP contribution in [-0.2, 0) is 4.79 Å². The summed E-state index contributed by atoms with van der Waals surface area (Å²) < 4.78 is 1.71. The molecule has 1 aliphatic rings. The lowest BCUT2D eigenvalue weighted by atomic mass is 9.96. The van der Waals surface area contributed by atoms with Crippen LogP contribution in [0.15, 0.2) is 60.2 Å². The number of tetrazole rings is 1. The number of H-pyrrole nitrogens is 2. The normalized spacial score (nSPS) is 16.1. The number of hydrogen-bond acceptors (Lipinski definition) is 5. The van der Waals surface area contributed by atoms with Crippen LogP contribution in [0, 0.1) is 0 Å². The van der Waals surface area contributed by atoms with Crippen molar-refractivity contribution in [3.63, 3.8) is 0 Å². The minimum Gasteiger partial charge on any atom is -0.307 e. The summed E-state index contributed by atoms with van der Waals surface area (Å²) in [7, 11) is 0. The predicted octanol–water partition coefficient (Wildman–Crippen LogP) is 0.229. The van der Waals surface area contributed by atoms with Gasteiger partial charge < -0.3 is 5.32 Å². The molecule has 1 unspecified atom stereocenters. The average Bonchev–Trinajstić information content (AvgIpc) is 3.10. The molecule has 4 N–H and O–H groups in total. The topological polar surface area (TPSA) is 114 Å². The number of pyridine rings is 2. The minimum atomic E-state index is -0.396. The van der Waals surface area contributed by atoms with Crippen LogP contribution in [0.3, 0.4) is 0 Å². The van der Waals surface area contributed by atoms with Crippen LogP contribution in [0.5, 0.6) is 0 Å². The molecule has 124 valence electrons. The Morgan fingerprint density at radius 1 is 1.32 bits per heavy atom. The quantitative estimate of drug-likeness (QED) is 0.593. The number of carbonyl (C=O) groups is 1. The first-order valence-corrected chi connectivity index (χ1v) is 7.73. The van der Waals surface area contributed by atoms with E-state index >= 15 is 0 Å². The number of anilines is 2. The van der Waals surface area contributed by atoms with Gasteiger partial charge in [-0.1, -0.05) is 6.07 Å². The third-order valence-corrected chi connectivity index (χ3v) is 3.96. The van der Waals surface area contributed by atoms with E-state index < -0.39 is 6.04 Å². The van der Waals surface area contributed by atoms with Crippen molar-refractivity contribution >= 4 is 17.7 Å².